The number of alkyl halides is 3. The molecule has 0 bridgehead atoms. The monoisotopic (exact) mass is 293 g/mol. The van der Waals surface area contributed by atoms with Gasteiger partial charge in [0.05, 0.1) is 6.42 Å². The van der Waals surface area contributed by atoms with Crippen LogP contribution in [0, 0.1) is 0 Å². The fourth-order valence-corrected chi connectivity index (χ4v) is 1.53. The van der Waals surface area contributed by atoms with Crippen molar-refractivity contribution in [2.75, 3.05) is 0 Å². The molecule has 0 radical (unpaired) electrons. The van der Waals surface area contributed by atoms with E-state index in [9.17, 15) is 22.8 Å². The summed E-state index contributed by atoms with van der Waals surface area (Å²) in [7, 11) is 0. The van der Waals surface area contributed by atoms with Gasteiger partial charge < -0.3 is 10.4 Å². The highest BCUT2D eigenvalue weighted by Crippen LogP contribution is 2.27. The molecule has 1 aromatic heterocycles. The summed E-state index contributed by atoms with van der Waals surface area (Å²) in [4.78, 5) is 22.1. The predicted molar refractivity (Wildman–Crippen MR) is 61.7 cm³/mol. The first-order valence-electron chi connectivity index (χ1n) is 5.84. The van der Waals surface area contributed by atoms with Crippen molar-refractivity contribution < 1.29 is 27.9 Å². The van der Waals surface area contributed by atoms with E-state index in [1.807, 2.05) is 0 Å². The third-order valence-corrected chi connectivity index (χ3v) is 2.52. The number of carboxylic acids is 1. The Bertz CT molecular complexity index is 485. The molecule has 112 valence electrons. The van der Waals surface area contributed by atoms with Gasteiger partial charge in [0.1, 0.15) is 6.54 Å². The zero-order chi connectivity index (χ0) is 15.3. The summed E-state index contributed by atoms with van der Waals surface area (Å²) in [6.45, 7) is 1.30. The number of aliphatic carboxylic acids is 1. The van der Waals surface area contributed by atoms with Gasteiger partial charge in [-0.2, -0.15) is 18.3 Å². The van der Waals surface area contributed by atoms with E-state index in [4.69, 9.17) is 5.11 Å². The Kier molecular flexibility index (Phi) is 5.12. The fraction of sp³-hybridized carbons (Fsp3) is 0.545. The van der Waals surface area contributed by atoms with Crippen LogP contribution in [-0.4, -0.2) is 32.8 Å². The maximum Gasteiger partial charge on any atom is 0.435 e. The van der Waals surface area contributed by atoms with Crippen molar-refractivity contribution in [2.45, 2.75) is 38.5 Å². The smallest absolute Gasteiger partial charge is 0.435 e. The number of nitrogens with one attached hydrogen (secondary N) is 1. The lowest BCUT2D eigenvalue weighted by Gasteiger charge is -2.14. The minimum Gasteiger partial charge on any atom is -0.481 e. The van der Waals surface area contributed by atoms with Crippen molar-refractivity contribution in [3.8, 4) is 0 Å². The second-order valence-corrected chi connectivity index (χ2v) is 4.17. The highest BCUT2D eigenvalue weighted by molar-refractivity contribution is 5.77. The van der Waals surface area contributed by atoms with Crippen LogP contribution in [0.5, 0.6) is 0 Å². The van der Waals surface area contributed by atoms with Gasteiger partial charge in [0.2, 0.25) is 5.91 Å². The number of rotatable bonds is 6. The minimum atomic E-state index is -4.56. The Labute approximate surface area is 112 Å². The topological polar surface area (TPSA) is 84.2 Å². The van der Waals surface area contributed by atoms with E-state index in [1.165, 1.54) is 0 Å². The minimum absolute atomic E-state index is 0.241. The number of hydrogen-bond donors (Lipinski definition) is 2. The maximum atomic E-state index is 12.3. The summed E-state index contributed by atoms with van der Waals surface area (Å²) in [6, 6.07) is 0.208. The van der Waals surface area contributed by atoms with Crippen LogP contribution in [0.2, 0.25) is 0 Å². The Balaban J connectivity index is 2.58. The summed E-state index contributed by atoms with van der Waals surface area (Å²) >= 11 is 0. The molecule has 1 heterocycles. The number of carbonyl (C=O) groups is 2. The van der Waals surface area contributed by atoms with Gasteiger partial charge in [0.25, 0.3) is 0 Å². The van der Waals surface area contributed by atoms with Crippen molar-refractivity contribution >= 4 is 11.9 Å². The third kappa shape index (κ3) is 4.90. The van der Waals surface area contributed by atoms with Gasteiger partial charge in [-0.15, -0.1) is 0 Å². The second kappa shape index (κ2) is 6.40. The van der Waals surface area contributed by atoms with Crippen LogP contribution in [0.15, 0.2) is 12.3 Å². The molecule has 0 saturated heterocycles. The summed E-state index contributed by atoms with van der Waals surface area (Å²) in [5.41, 5.74) is -1.08. The van der Waals surface area contributed by atoms with Gasteiger partial charge in [-0.25, -0.2) is 0 Å². The lowest BCUT2D eigenvalue weighted by molar-refractivity contribution is -0.142. The molecule has 0 aromatic carbocycles. The van der Waals surface area contributed by atoms with Crippen LogP contribution >= 0.6 is 0 Å². The van der Waals surface area contributed by atoms with E-state index >= 15 is 0 Å². The first-order valence-corrected chi connectivity index (χ1v) is 5.84. The fourth-order valence-electron chi connectivity index (χ4n) is 1.53. The molecule has 0 aliphatic carbocycles. The number of carboxylic acid groups (broad SMARTS) is 1. The molecule has 0 aliphatic rings. The Morgan fingerprint density at radius 3 is 2.60 bits per heavy atom. The van der Waals surface area contributed by atoms with Crippen molar-refractivity contribution in [1.82, 2.24) is 15.1 Å². The number of aromatic nitrogens is 2. The molecule has 6 nitrogen and oxygen atoms in total. The van der Waals surface area contributed by atoms with Crippen molar-refractivity contribution in [3.63, 3.8) is 0 Å². The van der Waals surface area contributed by atoms with Gasteiger partial charge >= 0.3 is 12.1 Å². The van der Waals surface area contributed by atoms with Crippen LogP contribution in [0.3, 0.4) is 0 Å². The van der Waals surface area contributed by atoms with Crippen molar-refractivity contribution in [3.05, 3.63) is 18.0 Å². The van der Waals surface area contributed by atoms with Gasteiger partial charge in [-0.1, -0.05) is 6.92 Å². The first-order chi connectivity index (χ1) is 9.22. The Morgan fingerprint density at radius 2 is 2.15 bits per heavy atom. The van der Waals surface area contributed by atoms with E-state index in [-0.39, 0.29) is 6.42 Å². The predicted octanol–water partition coefficient (Wildman–Crippen LogP) is 1.27. The summed E-state index contributed by atoms with van der Waals surface area (Å²) in [5, 5.41) is 14.3. The number of halogens is 3. The van der Waals surface area contributed by atoms with Crippen LogP contribution in [0.4, 0.5) is 13.2 Å². The van der Waals surface area contributed by atoms with Crippen LogP contribution in [0.1, 0.15) is 25.5 Å². The first kappa shape index (κ1) is 16.0. The molecule has 1 rings (SSSR count). The molecule has 9 heteroatoms. The van der Waals surface area contributed by atoms with Crippen LogP contribution < -0.4 is 5.32 Å². The Morgan fingerprint density at radius 1 is 1.50 bits per heavy atom. The van der Waals surface area contributed by atoms with Gasteiger partial charge in [-0.05, 0) is 12.5 Å². The molecule has 20 heavy (non-hydrogen) atoms. The number of nitrogens with zero attached hydrogens (tertiary/aromatic N) is 2. The average Bonchev–Trinajstić information content (AvgIpc) is 2.75. The van der Waals surface area contributed by atoms with Crippen LogP contribution in [0.25, 0.3) is 0 Å². The van der Waals surface area contributed by atoms with Crippen molar-refractivity contribution in [1.29, 1.82) is 0 Å². The third-order valence-electron chi connectivity index (χ3n) is 2.52. The molecule has 1 atom stereocenters. The molecule has 1 amide bonds. The maximum absolute atomic E-state index is 12.3. The highest BCUT2D eigenvalue weighted by Gasteiger charge is 2.33. The molecule has 0 fully saturated rings. The lowest BCUT2D eigenvalue weighted by atomic mass is 10.1. The molecule has 1 aromatic rings. The number of carbonyl (C=O) groups excluding carboxylic acids is 1. The van der Waals surface area contributed by atoms with E-state index in [2.05, 4.69) is 10.4 Å². The molecule has 2 N–H and O–H groups in total. The summed E-state index contributed by atoms with van der Waals surface area (Å²) in [6.07, 6.45) is -3.35. The molecule has 0 spiro atoms. The molecule has 1 unspecified atom stereocenters. The quantitative estimate of drug-likeness (QED) is 0.827. The normalized spacial score (nSPS) is 13.0. The lowest BCUT2D eigenvalue weighted by Crippen LogP contribution is -2.38. The van der Waals surface area contributed by atoms with Gasteiger partial charge in [0.15, 0.2) is 5.69 Å². The highest BCUT2D eigenvalue weighted by atomic mass is 19.4. The number of amides is 1. The zero-order valence-corrected chi connectivity index (χ0v) is 10.6. The number of hydrogen-bond acceptors (Lipinski definition) is 3. The zero-order valence-electron chi connectivity index (χ0n) is 10.6. The van der Waals surface area contributed by atoms with Gasteiger partial charge in [-0.3, -0.25) is 14.3 Å². The average molecular weight is 293 g/mol. The summed E-state index contributed by atoms with van der Waals surface area (Å²) in [5.74, 6) is -1.65. The Hall–Kier alpha value is -2.06. The molecule has 0 aliphatic heterocycles. The largest absolute Gasteiger partial charge is 0.481 e. The van der Waals surface area contributed by atoms with E-state index in [1.54, 1.807) is 6.92 Å². The van der Waals surface area contributed by atoms with E-state index < -0.39 is 36.3 Å². The van der Waals surface area contributed by atoms with E-state index in [0.717, 1.165) is 16.9 Å². The molecule has 0 saturated carbocycles. The van der Waals surface area contributed by atoms with Gasteiger partial charge in [0, 0.05) is 12.2 Å². The molecular formula is C11H14F3N3O3. The SMILES string of the molecule is CCC(CC(=O)O)NC(=O)Cn1ccc(C(F)(F)F)n1. The summed E-state index contributed by atoms with van der Waals surface area (Å²) < 4.78 is 37.8. The standard InChI is InChI=1S/C11H14F3N3O3/c1-2-7(5-10(19)20)15-9(18)6-17-4-3-8(16-17)11(12,13)14/h3-4,7H,2,5-6H2,1H3,(H,15,18)(H,19,20). The second-order valence-electron chi connectivity index (χ2n) is 4.17. The van der Waals surface area contributed by atoms with Crippen molar-refractivity contribution in [2.24, 2.45) is 0 Å². The van der Waals surface area contributed by atoms with E-state index in [0.29, 0.717) is 6.42 Å². The molecular weight excluding hydrogens is 279 g/mol. The van der Waals surface area contributed by atoms with Crippen LogP contribution in [-0.2, 0) is 22.3 Å².